The first-order chi connectivity index (χ1) is 16.6. The molecule has 1 amide bonds. The second kappa shape index (κ2) is 9.46. The van der Waals surface area contributed by atoms with Gasteiger partial charge in [0.25, 0.3) is 21.5 Å². The second-order valence-corrected chi connectivity index (χ2v) is 10.5. The SMILES string of the molecule is CC(C)CCn1nc(-c2nccs2)c(O)c(C2=NS(=O)(=O)c3cc(OCC(N)=O)ccc3N2)c1=O. The lowest BCUT2D eigenvalue weighted by atomic mass is 10.1. The van der Waals surface area contributed by atoms with Crippen LogP contribution in [0.25, 0.3) is 10.7 Å². The number of carbonyl (C=O) groups excluding carboxylic acids is 1. The molecule has 12 nitrogen and oxygen atoms in total. The fourth-order valence-corrected chi connectivity index (χ4v) is 5.04. The predicted molar refractivity (Wildman–Crippen MR) is 129 cm³/mol. The van der Waals surface area contributed by atoms with Crippen LogP contribution in [0.5, 0.6) is 11.5 Å². The highest BCUT2D eigenvalue weighted by Gasteiger charge is 2.31. The number of aryl methyl sites for hydroxylation is 1. The van der Waals surface area contributed by atoms with Crippen molar-refractivity contribution in [3.05, 3.63) is 45.7 Å². The highest BCUT2D eigenvalue weighted by atomic mass is 32.2. The Morgan fingerprint density at radius 1 is 1.34 bits per heavy atom. The second-order valence-electron chi connectivity index (χ2n) is 8.07. The quantitative estimate of drug-likeness (QED) is 0.399. The van der Waals surface area contributed by atoms with Crippen molar-refractivity contribution in [1.29, 1.82) is 0 Å². The molecule has 0 saturated carbocycles. The molecule has 35 heavy (non-hydrogen) atoms. The van der Waals surface area contributed by atoms with Gasteiger partial charge in [0, 0.05) is 24.2 Å². The van der Waals surface area contributed by atoms with Crippen molar-refractivity contribution in [3.8, 4) is 22.2 Å². The summed E-state index contributed by atoms with van der Waals surface area (Å²) < 4.78 is 36.1. The van der Waals surface area contributed by atoms with Crippen molar-refractivity contribution >= 4 is 38.8 Å². The first-order valence-corrected chi connectivity index (χ1v) is 12.8. The van der Waals surface area contributed by atoms with Crippen LogP contribution < -0.4 is 21.3 Å². The van der Waals surface area contributed by atoms with Crippen LogP contribution in [0, 0.1) is 5.92 Å². The first kappa shape index (κ1) is 24.3. The number of nitrogens with one attached hydrogen (secondary N) is 1. The number of sulfonamides is 1. The minimum Gasteiger partial charge on any atom is -0.505 e. The Bertz CT molecular complexity index is 1480. The number of hydrogen-bond acceptors (Lipinski definition) is 10. The number of benzene rings is 1. The number of aromatic hydroxyl groups is 1. The largest absolute Gasteiger partial charge is 0.505 e. The summed E-state index contributed by atoms with van der Waals surface area (Å²) in [5.74, 6) is -1.23. The lowest BCUT2D eigenvalue weighted by molar-refractivity contribution is -0.119. The molecule has 0 radical (unpaired) electrons. The molecule has 0 fully saturated rings. The molecule has 0 saturated heterocycles. The number of aromatic nitrogens is 3. The van der Waals surface area contributed by atoms with Gasteiger partial charge < -0.3 is 20.9 Å². The topological polar surface area (TPSA) is 179 Å². The van der Waals surface area contributed by atoms with Crippen molar-refractivity contribution in [2.75, 3.05) is 11.9 Å². The number of amides is 1. The molecule has 14 heteroatoms. The van der Waals surface area contributed by atoms with Gasteiger partial charge in [-0.25, -0.2) is 9.67 Å². The van der Waals surface area contributed by atoms with E-state index in [9.17, 15) is 23.1 Å². The molecular weight excluding hydrogens is 496 g/mol. The van der Waals surface area contributed by atoms with E-state index in [1.807, 2.05) is 13.8 Å². The van der Waals surface area contributed by atoms with E-state index >= 15 is 0 Å². The van der Waals surface area contributed by atoms with Crippen molar-refractivity contribution in [1.82, 2.24) is 14.8 Å². The van der Waals surface area contributed by atoms with Gasteiger partial charge in [0.05, 0.1) is 5.69 Å². The molecule has 4 N–H and O–H groups in total. The van der Waals surface area contributed by atoms with Crippen molar-refractivity contribution in [2.24, 2.45) is 16.0 Å². The minimum atomic E-state index is -4.30. The predicted octanol–water partition coefficient (Wildman–Crippen LogP) is 1.54. The van der Waals surface area contributed by atoms with Gasteiger partial charge in [0.2, 0.25) is 0 Å². The number of nitrogens with two attached hydrogens (primary N) is 1. The normalized spacial score (nSPS) is 14.2. The molecule has 1 aromatic carbocycles. The van der Waals surface area contributed by atoms with E-state index in [1.165, 1.54) is 40.4 Å². The zero-order valence-corrected chi connectivity index (χ0v) is 20.4. The van der Waals surface area contributed by atoms with Gasteiger partial charge >= 0.3 is 0 Å². The molecule has 0 aliphatic carbocycles. The van der Waals surface area contributed by atoms with Gasteiger partial charge in [-0.1, -0.05) is 13.8 Å². The average Bonchev–Trinajstić information content (AvgIpc) is 3.31. The number of amidine groups is 1. The Morgan fingerprint density at radius 2 is 2.11 bits per heavy atom. The number of ether oxygens (including phenoxy) is 1. The number of rotatable bonds is 8. The van der Waals surface area contributed by atoms with E-state index in [1.54, 1.807) is 5.38 Å². The van der Waals surface area contributed by atoms with Gasteiger partial charge in [-0.3, -0.25) is 9.59 Å². The van der Waals surface area contributed by atoms with Crippen LogP contribution in [0.4, 0.5) is 5.69 Å². The molecule has 3 heterocycles. The summed E-state index contributed by atoms with van der Waals surface area (Å²) in [5.41, 5.74) is 4.18. The molecule has 1 aliphatic rings. The summed E-state index contributed by atoms with van der Waals surface area (Å²) >= 11 is 1.21. The van der Waals surface area contributed by atoms with Crippen molar-refractivity contribution < 1.29 is 23.1 Å². The lowest BCUT2D eigenvalue weighted by Gasteiger charge is -2.20. The number of nitrogens with zero attached hydrogens (tertiary/aromatic N) is 4. The highest BCUT2D eigenvalue weighted by molar-refractivity contribution is 7.90. The Hall–Kier alpha value is -3.78. The van der Waals surface area contributed by atoms with Gasteiger partial charge in [-0.2, -0.15) is 13.5 Å². The molecule has 3 aromatic rings. The summed E-state index contributed by atoms with van der Waals surface area (Å²) in [6.07, 6.45) is 2.16. The number of hydrogen-bond donors (Lipinski definition) is 3. The summed E-state index contributed by atoms with van der Waals surface area (Å²) in [6, 6.07) is 4.02. The number of fused-ring (bicyclic) bond motifs is 1. The number of primary amides is 1. The zero-order chi connectivity index (χ0) is 25.3. The first-order valence-electron chi connectivity index (χ1n) is 10.5. The molecule has 4 rings (SSSR count). The zero-order valence-electron chi connectivity index (χ0n) is 18.8. The van der Waals surface area contributed by atoms with Gasteiger partial charge in [0.15, 0.2) is 23.9 Å². The Balaban J connectivity index is 1.83. The molecule has 184 valence electrons. The Morgan fingerprint density at radius 3 is 2.77 bits per heavy atom. The molecular formula is C21H22N6O6S2. The molecule has 2 aromatic heterocycles. The van der Waals surface area contributed by atoms with E-state index < -0.39 is 33.8 Å². The third kappa shape index (κ3) is 5.02. The monoisotopic (exact) mass is 518 g/mol. The van der Waals surface area contributed by atoms with E-state index in [0.717, 1.165) is 0 Å². The maximum atomic E-state index is 13.3. The van der Waals surface area contributed by atoms with Crippen LogP contribution in [0.2, 0.25) is 0 Å². The van der Waals surface area contributed by atoms with Crippen LogP contribution >= 0.6 is 11.3 Å². The highest BCUT2D eigenvalue weighted by Crippen LogP contribution is 2.35. The number of anilines is 1. The Kier molecular flexibility index (Phi) is 6.58. The number of thiazole rings is 1. The van der Waals surface area contributed by atoms with Crippen LogP contribution in [0.3, 0.4) is 0 Å². The van der Waals surface area contributed by atoms with Crippen LogP contribution in [-0.2, 0) is 21.4 Å². The minimum absolute atomic E-state index is 0.0428. The average molecular weight is 519 g/mol. The lowest BCUT2D eigenvalue weighted by Crippen LogP contribution is -2.34. The maximum absolute atomic E-state index is 13.3. The molecule has 0 bridgehead atoms. The van der Waals surface area contributed by atoms with E-state index in [0.29, 0.717) is 11.4 Å². The molecule has 1 aliphatic heterocycles. The fourth-order valence-electron chi connectivity index (χ4n) is 3.28. The van der Waals surface area contributed by atoms with Crippen LogP contribution in [0.15, 0.2) is 43.9 Å². The summed E-state index contributed by atoms with van der Waals surface area (Å²) in [7, 11) is -4.30. The van der Waals surface area contributed by atoms with Crippen molar-refractivity contribution in [2.45, 2.75) is 31.7 Å². The third-order valence-electron chi connectivity index (χ3n) is 5.00. The molecule has 0 atom stereocenters. The summed E-state index contributed by atoms with van der Waals surface area (Å²) in [4.78, 5) is 28.2. The van der Waals surface area contributed by atoms with Crippen LogP contribution in [0.1, 0.15) is 25.8 Å². The van der Waals surface area contributed by atoms with Gasteiger partial charge in [-0.15, -0.1) is 15.7 Å². The summed E-state index contributed by atoms with van der Waals surface area (Å²) in [6.45, 7) is 3.80. The molecule has 0 spiro atoms. The standard InChI is InChI=1S/C21H22N6O6S2/c1-11(2)5-7-27-21(30)16(18(29)17(25-27)20-23-6-8-34-20)19-24-13-4-3-12(33-10-15(22)28)9-14(13)35(31,32)26-19/h3-4,6,8-9,11,29H,5,7,10H2,1-2H3,(H2,22,28)(H,24,26). The summed E-state index contributed by atoms with van der Waals surface area (Å²) in [5, 5.41) is 20.1. The van der Waals surface area contributed by atoms with E-state index in [4.69, 9.17) is 10.5 Å². The van der Waals surface area contributed by atoms with Gasteiger partial charge in [0.1, 0.15) is 21.2 Å². The van der Waals surface area contributed by atoms with Gasteiger partial charge in [-0.05, 0) is 24.5 Å². The van der Waals surface area contributed by atoms with E-state index in [-0.39, 0.29) is 45.9 Å². The van der Waals surface area contributed by atoms with Crippen LogP contribution in [-0.4, -0.2) is 46.6 Å². The number of carbonyl (C=O) groups is 1. The van der Waals surface area contributed by atoms with E-state index in [2.05, 4.69) is 19.8 Å². The maximum Gasteiger partial charge on any atom is 0.286 e. The van der Waals surface area contributed by atoms with Crippen molar-refractivity contribution in [3.63, 3.8) is 0 Å². The smallest absolute Gasteiger partial charge is 0.286 e. The third-order valence-corrected chi connectivity index (χ3v) is 7.09. The molecule has 0 unspecified atom stereocenters. The fraction of sp³-hybridized carbons (Fsp3) is 0.286. The Labute approximate surface area is 204 Å².